The second kappa shape index (κ2) is 5.98. The Labute approximate surface area is 109 Å². The molecule has 0 aliphatic heterocycles. The molecule has 3 heteroatoms. The molecule has 1 atom stereocenters. The number of nitrogens with one attached hydrogen (secondary N) is 1. The Hall–Kier alpha value is -1.38. The fourth-order valence-corrected chi connectivity index (χ4v) is 2.13. The number of halogens is 1. The number of hydrogen-bond donors (Lipinski definition) is 1. The molecule has 0 radical (unpaired) electrons. The highest BCUT2D eigenvalue weighted by atomic mass is 19.1. The highest BCUT2D eigenvalue weighted by Gasteiger charge is 2.42. The zero-order valence-corrected chi connectivity index (χ0v) is 11.6. The Morgan fingerprint density at radius 3 is 2.39 bits per heavy atom. The van der Waals surface area contributed by atoms with Crippen LogP contribution in [-0.4, -0.2) is 11.9 Å². The van der Waals surface area contributed by atoms with Crippen molar-refractivity contribution in [1.29, 1.82) is 0 Å². The van der Waals surface area contributed by atoms with Crippen LogP contribution in [0, 0.1) is 5.92 Å². The van der Waals surface area contributed by atoms with Gasteiger partial charge in [0.15, 0.2) is 0 Å². The average Bonchev–Trinajstić information content (AvgIpc) is 2.99. The molecule has 2 nitrogen and oxygen atoms in total. The number of amides is 1. The van der Waals surface area contributed by atoms with Gasteiger partial charge in [0.25, 0.3) is 0 Å². The smallest absolute Gasteiger partial charge is 0.248 e. The van der Waals surface area contributed by atoms with E-state index in [-0.39, 0.29) is 17.8 Å². The van der Waals surface area contributed by atoms with Gasteiger partial charge in [-0.1, -0.05) is 32.1 Å². The van der Waals surface area contributed by atoms with Crippen LogP contribution in [0.1, 0.15) is 40.5 Å². The maximum Gasteiger partial charge on any atom is 0.248 e. The molecule has 0 spiro atoms. The molecule has 1 aliphatic carbocycles. The molecule has 1 amide bonds. The summed E-state index contributed by atoms with van der Waals surface area (Å²) in [5.74, 6) is -0.834. The molecule has 18 heavy (non-hydrogen) atoms. The molecule has 0 aromatic heterocycles. The first-order chi connectivity index (χ1) is 8.47. The highest BCUT2D eigenvalue weighted by molar-refractivity contribution is 5.97. The molecule has 1 aliphatic rings. The molecule has 1 unspecified atom stereocenters. The first kappa shape index (κ1) is 14.7. The summed E-state index contributed by atoms with van der Waals surface area (Å²) in [5, 5.41) is 2.94. The van der Waals surface area contributed by atoms with Gasteiger partial charge >= 0.3 is 0 Å². The van der Waals surface area contributed by atoms with Gasteiger partial charge < -0.3 is 5.32 Å². The lowest BCUT2D eigenvalue weighted by molar-refractivity contribution is -0.118. The Morgan fingerprint density at radius 2 is 2.06 bits per heavy atom. The topological polar surface area (TPSA) is 29.1 Å². The standard InChI is InChI=1S/C15H22FNO/c1-6-10(7-2)17-15(18)11(8-3)13-12(9(4)5)14(13)16/h8,10,13H,4,6-7H2,1-3,5H3,(H,17,18). The van der Waals surface area contributed by atoms with Gasteiger partial charge in [-0.3, -0.25) is 4.79 Å². The van der Waals surface area contributed by atoms with Crippen molar-refractivity contribution in [3.05, 3.63) is 35.2 Å². The van der Waals surface area contributed by atoms with Gasteiger partial charge in [0.1, 0.15) is 5.83 Å². The van der Waals surface area contributed by atoms with Crippen LogP contribution in [0.5, 0.6) is 0 Å². The van der Waals surface area contributed by atoms with Crippen molar-refractivity contribution in [2.24, 2.45) is 5.92 Å². The number of allylic oxidation sites excluding steroid dienone is 4. The number of rotatable bonds is 6. The lowest BCUT2D eigenvalue weighted by Gasteiger charge is -2.16. The fraction of sp³-hybridized carbons (Fsp3) is 0.533. The van der Waals surface area contributed by atoms with Crippen molar-refractivity contribution in [3.8, 4) is 0 Å². The van der Waals surface area contributed by atoms with Gasteiger partial charge in [-0.15, -0.1) is 0 Å². The Balaban J connectivity index is 2.71. The summed E-state index contributed by atoms with van der Waals surface area (Å²) >= 11 is 0. The molecule has 1 rings (SSSR count). The van der Waals surface area contributed by atoms with E-state index < -0.39 is 5.92 Å². The van der Waals surface area contributed by atoms with Crippen LogP contribution >= 0.6 is 0 Å². The van der Waals surface area contributed by atoms with Crippen LogP contribution in [0.3, 0.4) is 0 Å². The van der Waals surface area contributed by atoms with Crippen LogP contribution < -0.4 is 5.32 Å². The Kier molecular flexibility index (Phi) is 4.88. The van der Waals surface area contributed by atoms with E-state index in [9.17, 15) is 9.18 Å². The van der Waals surface area contributed by atoms with Crippen LogP contribution in [0.4, 0.5) is 4.39 Å². The maximum absolute atomic E-state index is 13.6. The predicted molar refractivity (Wildman–Crippen MR) is 72.7 cm³/mol. The van der Waals surface area contributed by atoms with Crippen molar-refractivity contribution in [3.63, 3.8) is 0 Å². The normalized spacial score (nSPS) is 19.2. The molecule has 0 saturated heterocycles. The van der Waals surface area contributed by atoms with E-state index in [0.717, 1.165) is 12.8 Å². The Bertz CT molecular complexity index is 416. The average molecular weight is 251 g/mol. The van der Waals surface area contributed by atoms with Gasteiger partial charge in [-0.05, 0) is 26.7 Å². The zero-order valence-electron chi connectivity index (χ0n) is 11.6. The molecule has 0 bridgehead atoms. The van der Waals surface area contributed by atoms with E-state index in [1.807, 2.05) is 13.8 Å². The quantitative estimate of drug-likeness (QED) is 0.717. The lowest BCUT2D eigenvalue weighted by Crippen LogP contribution is -2.35. The minimum Gasteiger partial charge on any atom is -0.350 e. The van der Waals surface area contributed by atoms with Crippen molar-refractivity contribution >= 4 is 5.91 Å². The third-order valence-electron chi connectivity index (χ3n) is 3.38. The SMILES string of the molecule is C=C(C)C1=C(F)C1C(=CC)C(=O)NC(CC)CC. The summed E-state index contributed by atoms with van der Waals surface area (Å²) in [4.78, 5) is 12.1. The first-order valence-corrected chi connectivity index (χ1v) is 6.50. The summed E-state index contributed by atoms with van der Waals surface area (Å²) in [6.07, 6.45) is 3.46. The lowest BCUT2D eigenvalue weighted by atomic mass is 10.0. The van der Waals surface area contributed by atoms with Crippen LogP contribution in [0.15, 0.2) is 35.2 Å². The van der Waals surface area contributed by atoms with Crippen molar-refractivity contribution in [1.82, 2.24) is 5.32 Å². The number of carbonyl (C=O) groups excluding carboxylic acids is 1. The number of hydrogen-bond acceptors (Lipinski definition) is 1. The van der Waals surface area contributed by atoms with Crippen molar-refractivity contribution < 1.29 is 9.18 Å². The first-order valence-electron chi connectivity index (χ1n) is 6.50. The third kappa shape index (κ3) is 2.89. The van der Waals surface area contributed by atoms with Crippen LogP contribution in [0.25, 0.3) is 0 Å². The second-order valence-electron chi connectivity index (χ2n) is 4.71. The fourth-order valence-electron chi connectivity index (χ4n) is 2.13. The summed E-state index contributed by atoms with van der Waals surface area (Å²) in [6.45, 7) is 11.3. The highest BCUT2D eigenvalue weighted by Crippen LogP contribution is 2.49. The van der Waals surface area contributed by atoms with Crippen LogP contribution in [0.2, 0.25) is 0 Å². The van der Waals surface area contributed by atoms with Gasteiger partial charge in [-0.25, -0.2) is 4.39 Å². The van der Waals surface area contributed by atoms with Crippen LogP contribution in [-0.2, 0) is 4.79 Å². The van der Waals surface area contributed by atoms with E-state index in [1.54, 1.807) is 19.9 Å². The summed E-state index contributed by atoms with van der Waals surface area (Å²) < 4.78 is 13.6. The summed E-state index contributed by atoms with van der Waals surface area (Å²) in [6, 6.07) is 0.155. The molecule has 0 fully saturated rings. The number of carbonyl (C=O) groups is 1. The molecule has 0 aromatic rings. The molecule has 100 valence electrons. The molecule has 0 aromatic carbocycles. The molecule has 0 saturated carbocycles. The monoisotopic (exact) mass is 251 g/mol. The van der Waals surface area contributed by atoms with Gasteiger partial charge in [0.2, 0.25) is 5.91 Å². The molecular formula is C15H22FNO. The van der Waals surface area contributed by atoms with Gasteiger partial charge in [-0.2, -0.15) is 0 Å². The predicted octanol–water partition coefficient (Wildman–Crippen LogP) is 3.67. The van der Waals surface area contributed by atoms with E-state index in [2.05, 4.69) is 11.9 Å². The summed E-state index contributed by atoms with van der Waals surface area (Å²) in [7, 11) is 0. The second-order valence-corrected chi connectivity index (χ2v) is 4.71. The van der Waals surface area contributed by atoms with E-state index in [0.29, 0.717) is 16.7 Å². The third-order valence-corrected chi connectivity index (χ3v) is 3.38. The molecule has 1 N–H and O–H groups in total. The van der Waals surface area contributed by atoms with Gasteiger partial charge in [0.05, 0.1) is 5.92 Å². The van der Waals surface area contributed by atoms with E-state index in [1.165, 1.54) is 0 Å². The minimum atomic E-state index is -0.457. The van der Waals surface area contributed by atoms with E-state index >= 15 is 0 Å². The van der Waals surface area contributed by atoms with E-state index in [4.69, 9.17) is 0 Å². The van der Waals surface area contributed by atoms with Gasteiger partial charge in [0, 0.05) is 17.2 Å². The Morgan fingerprint density at radius 1 is 1.50 bits per heavy atom. The zero-order chi connectivity index (χ0) is 13.9. The van der Waals surface area contributed by atoms with Crippen molar-refractivity contribution in [2.75, 3.05) is 0 Å². The van der Waals surface area contributed by atoms with Crippen molar-refractivity contribution in [2.45, 2.75) is 46.6 Å². The molecule has 0 heterocycles. The maximum atomic E-state index is 13.6. The largest absolute Gasteiger partial charge is 0.350 e. The molecular weight excluding hydrogens is 229 g/mol. The minimum absolute atomic E-state index is 0.155. The summed E-state index contributed by atoms with van der Waals surface area (Å²) in [5.41, 5.74) is 1.78.